The Morgan fingerprint density at radius 1 is 0.528 bits per heavy atom. The number of pyridine rings is 3. The number of halogens is 9. The third-order valence-corrected chi connectivity index (χ3v) is 12.5. The number of nitrogens with zero attached hydrogens (tertiary/aromatic N) is 5. The zero-order valence-electron chi connectivity index (χ0n) is 47.1. The number of nitrogen functional groups attached to an aromatic ring is 1. The largest absolute Gasteiger partial charge is 0.438 e. The van der Waals surface area contributed by atoms with Crippen molar-refractivity contribution < 1.29 is 68.1 Å². The van der Waals surface area contributed by atoms with Crippen LogP contribution >= 0.6 is 0 Å². The van der Waals surface area contributed by atoms with Crippen LogP contribution in [0.15, 0.2) is 194 Å². The van der Waals surface area contributed by atoms with Crippen molar-refractivity contribution in [3.63, 3.8) is 0 Å². The third-order valence-electron chi connectivity index (χ3n) is 12.5. The molecule has 0 bridgehead atoms. The zero-order valence-corrected chi connectivity index (χ0v) is 47.1. The Hall–Kier alpha value is -11.1. The number of aromatic nitrogens is 5. The molecule has 0 saturated heterocycles. The SMILES string of the molecule is Cc1ccc(C=O)cc1.Cc1ccc(CNc2ccc(Oc3ncccc3C(F)(F)F)cc2C(N)=O)cc1.Cc1ccc(Cn2cnc(=O)c3cc(Oc4ncccc4C(F)(F)F)ccc32)cc1.NC(=O)c1cc(Oc2ncccc2C(F)(F)F)ccc1N. The average Bonchev–Trinajstić information content (AvgIpc) is 1.05. The Balaban J connectivity index is 0.000000180. The van der Waals surface area contributed by atoms with E-state index in [0.29, 0.717) is 24.3 Å². The number of nitrogens with one attached hydrogen (secondary N) is 1. The molecule has 458 valence electrons. The number of aldehydes is 1. The first-order valence-corrected chi connectivity index (χ1v) is 26.3. The first-order valence-electron chi connectivity index (χ1n) is 26.3. The molecule has 0 aliphatic heterocycles. The molecule has 89 heavy (non-hydrogen) atoms. The summed E-state index contributed by atoms with van der Waals surface area (Å²) in [5.41, 5.74) is 19.9. The second-order valence-corrected chi connectivity index (χ2v) is 19.3. The molecule has 0 spiro atoms. The van der Waals surface area contributed by atoms with E-state index in [2.05, 4.69) is 25.3 Å². The molecular weight excluding hydrogens is 1180 g/mol. The van der Waals surface area contributed by atoms with Gasteiger partial charge in [-0.15, -0.1) is 0 Å². The van der Waals surface area contributed by atoms with Gasteiger partial charge in [0, 0.05) is 48.6 Å². The lowest BCUT2D eigenvalue weighted by molar-refractivity contribution is -0.139. The van der Waals surface area contributed by atoms with Crippen LogP contribution in [0.4, 0.5) is 50.9 Å². The van der Waals surface area contributed by atoms with E-state index in [4.69, 9.17) is 31.4 Å². The molecule has 25 heteroatoms. The zero-order chi connectivity index (χ0) is 64.6. The lowest BCUT2D eigenvalue weighted by atomic mass is 10.1. The molecule has 0 unspecified atom stereocenters. The topological polar surface area (TPSA) is 243 Å². The van der Waals surface area contributed by atoms with Crippen LogP contribution in [0.2, 0.25) is 0 Å². The number of hydrogen-bond acceptors (Lipinski definition) is 13. The van der Waals surface area contributed by atoms with Gasteiger partial charge in [-0.05, 0) is 123 Å². The quantitative estimate of drug-likeness (QED) is 0.0450. The third kappa shape index (κ3) is 18.4. The number of aryl methyl sites for hydroxylation is 3. The van der Waals surface area contributed by atoms with Gasteiger partial charge in [0.2, 0.25) is 17.6 Å². The van der Waals surface area contributed by atoms with Crippen molar-refractivity contribution >= 4 is 40.4 Å². The van der Waals surface area contributed by atoms with E-state index >= 15 is 0 Å². The van der Waals surface area contributed by atoms with Crippen LogP contribution < -0.4 is 42.3 Å². The molecule has 4 heterocycles. The maximum absolute atomic E-state index is 13.2. The summed E-state index contributed by atoms with van der Waals surface area (Å²) in [7, 11) is 0. The Morgan fingerprint density at radius 3 is 1.39 bits per heavy atom. The highest BCUT2D eigenvalue weighted by molar-refractivity contribution is 5.99. The van der Waals surface area contributed by atoms with E-state index in [9.17, 15) is 58.7 Å². The van der Waals surface area contributed by atoms with Crippen molar-refractivity contribution in [3.05, 3.63) is 260 Å². The molecule has 2 amide bonds. The lowest BCUT2D eigenvalue weighted by Crippen LogP contribution is -2.15. The average molecular weight is 1230 g/mol. The van der Waals surface area contributed by atoms with Crippen molar-refractivity contribution in [2.45, 2.75) is 52.4 Å². The molecule has 0 saturated carbocycles. The van der Waals surface area contributed by atoms with Gasteiger partial charge in [-0.1, -0.05) is 89.5 Å². The second-order valence-electron chi connectivity index (χ2n) is 19.3. The van der Waals surface area contributed by atoms with E-state index < -0.39 is 70.2 Å². The molecule has 0 aliphatic rings. The number of nitrogens with two attached hydrogens (primary N) is 3. The number of hydrogen-bond donors (Lipinski definition) is 4. The summed E-state index contributed by atoms with van der Waals surface area (Å²) in [6.45, 7) is 6.90. The summed E-state index contributed by atoms with van der Waals surface area (Å²) in [5.74, 6) is -3.28. The summed E-state index contributed by atoms with van der Waals surface area (Å²) in [6.07, 6.45) is -7.97. The number of anilines is 2. The minimum absolute atomic E-state index is 0.0175. The number of ether oxygens (including phenoxy) is 3. The van der Waals surface area contributed by atoms with Crippen LogP contribution in [0.25, 0.3) is 10.9 Å². The van der Waals surface area contributed by atoms with Crippen molar-refractivity contribution in [1.29, 1.82) is 0 Å². The number of fused-ring (bicyclic) bond motifs is 1. The summed E-state index contributed by atoms with van der Waals surface area (Å²) >= 11 is 0. The molecule has 10 aromatic rings. The highest BCUT2D eigenvalue weighted by Gasteiger charge is 2.37. The normalized spacial score (nSPS) is 11.1. The number of carbonyl (C=O) groups is 3. The summed E-state index contributed by atoms with van der Waals surface area (Å²) in [6, 6.07) is 41.9. The molecule has 16 nitrogen and oxygen atoms in total. The summed E-state index contributed by atoms with van der Waals surface area (Å²) < 4.78 is 135. The van der Waals surface area contributed by atoms with Gasteiger partial charge in [-0.25, -0.2) is 15.0 Å². The first-order chi connectivity index (χ1) is 42.2. The highest BCUT2D eigenvalue weighted by atomic mass is 19.4. The summed E-state index contributed by atoms with van der Waals surface area (Å²) in [4.78, 5) is 60.1. The van der Waals surface area contributed by atoms with E-state index in [1.807, 2.05) is 93.6 Å². The number of benzene rings is 6. The molecule has 0 fully saturated rings. The monoisotopic (exact) mass is 1230 g/mol. The van der Waals surface area contributed by atoms with Gasteiger partial charge in [-0.2, -0.15) is 44.5 Å². The highest BCUT2D eigenvalue weighted by Crippen LogP contribution is 2.40. The minimum atomic E-state index is -4.62. The predicted molar refractivity (Wildman–Crippen MR) is 314 cm³/mol. The van der Waals surface area contributed by atoms with Crippen molar-refractivity contribution in [3.8, 4) is 34.9 Å². The van der Waals surface area contributed by atoms with Gasteiger partial charge < -0.3 is 41.3 Å². The van der Waals surface area contributed by atoms with Crippen LogP contribution in [0.5, 0.6) is 34.9 Å². The van der Waals surface area contributed by atoms with E-state index in [0.717, 1.165) is 70.6 Å². The maximum atomic E-state index is 13.2. The molecule has 6 aromatic carbocycles. The Morgan fingerprint density at radius 2 is 0.944 bits per heavy atom. The van der Waals surface area contributed by atoms with Gasteiger partial charge in [0.05, 0.1) is 28.4 Å². The van der Waals surface area contributed by atoms with E-state index in [1.54, 1.807) is 10.6 Å². The fourth-order valence-electron chi connectivity index (χ4n) is 7.97. The van der Waals surface area contributed by atoms with Crippen LogP contribution in [0.1, 0.15) is 75.6 Å². The maximum Gasteiger partial charge on any atom is 0.421 e. The van der Waals surface area contributed by atoms with Crippen molar-refractivity contribution in [1.82, 2.24) is 24.5 Å². The Bertz CT molecular complexity index is 4170. The standard InChI is InChI=1S/C22H16F3N3O2.C21H18F3N3O2.C13H10F3N3O2.C8H8O/c1-14-4-6-15(7-5-14)12-28-13-27-20(29)17-11-16(8-9-19(17)28)30-21-18(22(23,24)25)3-2-10-26-21;1-13-4-6-14(7-5-13)12-27-18-9-8-15(11-16(18)19(25)28)29-20-17(21(22,23)24)3-2-10-26-20;14-13(15,16)9-2-1-5-19-12(9)21-7-3-4-10(17)8(6-7)11(18)20;1-7-2-4-8(6-9)5-3-7/h2-11,13H,12H2,1H3;2-11,27H,12H2,1H3,(H2,25,28);1-6H,17H2,(H2,18,20);2-6H,1H3. The fraction of sp³-hybridized carbons (Fsp3) is 0.125. The molecule has 4 aromatic heterocycles. The van der Waals surface area contributed by atoms with Crippen molar-refractivity contribution in [2.24, 2.45) is 11.5 Å². The van der Waals surface area contributed by atoms with Gasteiger partial charge in [0.25, 0.3) is 17.4 Å². The van der Waals surface area contributed by atoms with Gasteiger partial charge in [0.15, 0.2) is 0 Å². The van der Waals surface area contributed by atoms with Crippen LogP contribution in [-0.2, 0) is 31.6 Å². The fourth-order valence-corrected chi connectivity index (χ4v) is 7.97. The lowest BCUT2D eigenvalue weighted by Gasteiger charge is -2.14. The van der Waals surface area contributed by atoms with Crippen LogP contribution in [0, 0.1) is 20.8 Å². The molecule has 0 radical (unpaired) electrons. The van der Waals surface area contributed by atoms with Gasteiger partial charge in [0.1, 0.15) is 40.2 Å². The van der Waals surface area contributed by atoms with E-state index in [1.165, 1.54) is 78.9 Å². The van der Waals surface area contributed by atoms with Crippen LogP contribution in [0.3, 0.4) is 0 Å². The number of alkyl halides is 9. The number of rotatable bonds is 14. The van der Waals surface area contributed by atoms with E-state index in [-0.39, 0.29) is 39.4 Å². The molecule has 10 rings (SSSR count). The number of amides is 2. The van der Waals surface area contributed by atoms with Crippen LogP contribution in [-0.4, -0.2) is 42.6 Å². The number of primary amides is 2. The minimum Gasteiger partial charge on any atom is -0.438 e. The second kappa shape index (κ2) is 28.9. The summed E-state index contributed by atoms with van der Waals surface area (Å²) in [5, 5.41) is 3.35. The molecule has 0 atom stereocenters. The van der Waals surface area contributed by atoms with Gasteiger partial charge in [-0.3, -0.25) is 19.2 Å². The Labute approximate surface area is 501 Å². The smallest absolute Gasteiger partial charge is 0.421 e. The first kappa shape index (κ1) is 65.4. The number of carbonyl (C=O) groups excluding carboxylic acids is 3. The predicted octanol–water partition coefficient (Wildman–Crippen LogP) is 14.3. The molecule has 0 aliphatic carbocycles. The molecular formula is C64H52F9N9O7. The molecule has 7 N–H and O–H groups in total. The van der Waals surface area contributed by atoms with Crippen molar-refractivity contribution in [2.75, 3.05) is 11.1 Å². The van der Waals surface area contributed by atoms with Gasteiger partial charge >= 0.3 is 18.5 Å². The Kier molecular flexibility index (Phi) is 21.2.